The SMILES string of the molecule is Cc1nc2ccccn2c1C(=O)N/N=C\c1ccc(-c2ccccc2)cc1. The van der Waals surface area contributed by atoms with Crippen LogP contribution < -0.4 is 5.43 Å². The van der Waals surface area contributed by atoms with Crippen molar-refractivity contribution in [2.75, 3.05) is 0 Å². The van der Waals surface area contributed by atoms with Crippen LogP contribution in [0.5, 0.6) is 0 Å². The highest BCUT2D eigenvalue weighted by Crippen LogP contribution is 2.18. The van der Waals surface area contributed by atoms with Gasteiger partial charge in [0, 0.05) is 6.20 Å². The normalized spacial score (nSPS) is 11.1. The number of amides is 1. The number of hydrazone groups is 1. The Morgan fingerprint density at radius 3 is 2.44 bits per heavy atom. The molecule has 27 heavy (non-hydrogen) atoms. The van der Waals surface area contributed by atoms with Gasteiger partial charge in [-0.3, -0.25) is 9.20 Å². The van der Waals surface area contributed by atoms with Crippen LogP contribution in [0.4, 0.5) is 0 Å². The Kier molecular flexibility index (Phi) is 4.49. The van der Waals surface area contributed by atoms with E-state index in [0.29, 0.717) is 11.4 Å². The summed E-state index contributed by atoms with van der Waals surface area (Å²) in [6.07, 6.45) is 3.45. The van der Waals surface area contributed by atoms with Gasteiger partial charge in [-0.25, -0.2) is 10.4 Å². The maximum atomic E-state index is 12.5. The molecule has 2 heterocycles. The predicted molar refractivity (Wildman–Crippen MR) is 107 cm³/mol. The molecule has 0 atom stereocenters. The standard InChI is InChI=1S/C22H18N4O/c1-16-21(26-14-6-5-9-20(26)24-16)22(27)25-23-15-17-10-12-19(13-11-17)18-7-3-2-4-8-18/h2-15H,1H3,(H,25,27)/b23-15-. The first kappa shape index (κ1) is 16.7. The van der Waals surface area contributed by atoms with Gasteiger partial charge in [-0.15, -0.1) is 0 Å². The van der Waals surface area contributed by atoms with E-state index in [4.69, 9.17) is 0 Å². The molecule has 0 aliphatic carbocycles. The number of pyridine rings is 1. The summed E-state index contributed by atoms with van der Waals surface area (Å²) < 4.78 is 1.76. The van der Waals surface area contributed by atoms with Crippen molar-refractivity contribution in [3.05, 3.63) is 95.9 Å². The fourth-order valence-corrected chi connectivity index (χ4v) is 3.00. The fraction of sp³-hybridized carbons (Fsp3) is 0.0455. The summed E-state index contributed by atoms with van der Waals surface area (Å²) >= 11 is 0. The maximum absolute atomic E-state index is 12.5. The Hall–Kier alpha value is -3.73. The van der Waals surface area contributed by atoms with Crippen LogP contribution in [0.2, 0.25) is 0 Å². The van der Waals surface area contributed by atoms with E-state index < -0.39 is 0 Å². The second kappa shape index (κ2) is 7.25. The number of imidazole rings is 1. The van der Waals surface area contributed by atoms with E-state index in [9.17, 15) is 4.79 Å². The molecule has 132 valence electrons. The van der Waals surface area contributed by atoms with Crippen molar-refractivity contribution in [1.82, 2.24) is 14.8 Å². The zero-order valence-electron chi connectivity index (χ0n) is 14.8. The first-order valence-corrected chi connectivity index (χ1v) is 8.65. The first-order chi connectivity index (χ1) is 13.2. The van der Waals surface area contributed by atoms with Gasteiger partial charge in [0.1, 0.15) is 11.3 Å². The van der Waals surface area contributed by atoms with Crippen molar-refractivity contribution in [1.29, 1.82) is 0 Å². The van der Waals surface area contributed by atoms with Crippen molar-refractivity contribution >= 4 is 17.8 Å². The highest BCUT2D eigenvalue weighted by atomic mass is 16.2. The Morgan fingerprint density at radius 2 is 1.67 bits per heavy atom. The lowest BCUT2D eigenvalue weighted by atomic mass is 10.0. The molecule has 0 saturated carbocycles. The zero-order valence-corrected chi connectivity index (χ0v) is 14.8. The van der Waals surface area contributed by atoms with E-state index in [1.54, 1.807) is 10.6 Å². The molecule has 2 aromatic carbocycles. The number of aromatic nitrogens is 2. The Bertz CT molecular complexity index is 1110. The summed E-state index contributed by atoms with van der Waals surface area (Å²) in [5.41, 5.74) is 7.68. The van der Waals surface area contributed by atoms with E-state index >= 15 is 0 Å². The van der Waals surface area contributed by atoms with Crippen molar-refractivity contribution in [3.63, 3.8) is 0 Å². The number of carbonyl (C=O) groups excluding carboxylic acids is 1. The summed E-state index contributed by atoms with van der Waals surface area (Å²) in [4.78, 5) is 16.9. The summed E-state index contributed by atoms with van der Waals surface area (Å²) in [6, 6.07) is 23.8. The molecule has 5 heteroatoms. The number of benzene rings is 2. The highest BCUT2D eigenvalue weighted by molar-refractivity contribution is 5.95. The lowest BCUT2D eigenvalue weighted by Crippen LogP contribution is -2.20. The van der Waals surface area contributed by atoms with E-state index in [2.05, 4.69) is 27.6 Å². The Balaban J connectivity index is 1.47. The number of rotatable bonds is 4. The smallest absolute Gasteiger partial charge is 0.290 e. The molecule has 0 radical (unpaired) electrons. The molecule has 0 fully saturated rings. The number of nitrogens with zero attached hydrogens (tertiary/aromatic N) is 3. The van der Waals surface area contributed by atoms with E-state index in [1.807, 2.05) is 73.8 Å². The molecule has 1 amide bonds. The third kappa shape index (κ3) is 3.48. The highest BCUT2D eigenvalue weighted by Gasteiger charge is 2.15. The molecule has 2 aromatic heterocycles. The van der Waals surface area contributed by atoms with Crippen LogP contribution in [0.3, 0.4) is 0 Å². The van der Waals surface area contributed by atoms with Crippen LogP contribution in [-0.2, 0) is 0 Å². The Labute approximate surface area is 157 Å². The average Bonchev–Trinajstić information content (AvgIpc) is 3.05. The molecule has 4 rings (SSSR count). The number of hydrogen-bond acceptors (Lipinski definition) is 3. The molecule has 0 aliphatic heterocycles. The minimum atomic E-state index is -0.289. The van der Waals surface area contributed by atoms with Crippen molar-refractivity contribution in [3.8, 4) is 11.1 Å². The number of hydrogen-bond donors (Lipinski definition) is 1. The molecule has 0 unspecified atom stereocenters. The van der Waals surface area contributed by atoms with Gasteiger partial charge in [0.15, 0.2) is 0 Å². The number of carbonyl (C=O) groups is 1. The van der Waals surface area contributed by atoms with E-state index in [1.165, 1.54) is 0 Å². The Morgan fingerprint density at radius 1 is 0.963 bits per heavy atom. The summed E-state index contributed by atoms with van der Waals surface area (Å²) in [5, 5.41) is 4.08. The van der Waals surface area contributed by atoms with Gasteiger partial charge < -0.3 is 0 Å². The molecular weight excluding hydrogens is 336 g/mol. The lowest BCUT2D eigenvalue weighted by Gasteiger charge is -2.02. The van der Waals surface area contributed by atoms with Crippen LogP contribution in [-0.4, -0.2) is 21.5 Å². The molecule has 0 spiro atoms. The fourth-order valence-electron chi connectivity index (χ4n) is 3.00. The molecule has 4 aromatic rings. The van der Waals surface area contributed by atoms with Crippen LogP contribution in [0.25, 0.3) is 16.8 Å². The predicted octanol–water partition coefficient (Wildman–Crippen LogP) is 4.07. The van der Waals surface area contributed by atoms with Crippen molar-refractivity contribution < 1.29 is 4.79 Å². The third-order valence-electron chi connectivity index (χ3n) is 4.32. The second-order valence-electron chi connectivity index (χ2n) is 6.16. The van der Waals surface area contributed by atoms with Gasteiger partial charge in [0.25, 0.3) is 5.91 Å². The summed E-state index contributed by atoms with van der Waals surface area (Å²) in [6.45, 7) is 1.81. The lowest BCUT2D eigenvalue weighted by molar-refractivity contribution is 0.0948. The van der Waals surface area contributed by atoms with Crippen LogP contribution in [0.15, 0.2) is 84.1 Å². The van der Waals surface area contributed by atoms with Gasteiger partial charge in [-0.05, 0) is 35.7 Å². The quantitative estimate of drug-likeness (QED) is 0.443. The molecule has 0 bridgehead atoms. The van der Waals surface area contributed by atoms with Gasteiger partial charge in [-0.1, -0.05) is 60.7 Å². The van der Waals surface area contributed by atoms with E-state index in [-0.39, 0.29) is 5.91 Å². The third-order valence-corrected chi connectivity index (χ3v) is 4.32. The molecule has 1 N–H and O–H groups in total. The minimum absolute atomic E-state index is 0.289. The maximum Gasteiger partial charge on any atom is 0.290 e. The van der Waals surface area contributed by atoms with Gasteiger partial charge in [0.2, 0.25) is 0 Å². The summed E-state index contributed by atoms with van der Waals surface area (Å²) in [5.74, 6) is -0.289. The van der Waals surface area contributed by atoms with Crippen molar-refractivity contribution in [2.45, 2.75) is 6.92 Å². The molecular formula is C22H18N4O. The monoisotopic (exact) mass is 354 g/mol. The van der Waals surface area contributed by atoms with Crippen LogP contribution >= 0.6 is 0 Å². The van der Waals surface area contributed by atoms with Gasteiger partial charge >= 0.3 is 0 Å². The van der Waals surface area contributed by atoms with Crippen molar-refractivity contribution in [2.24, 2.45) is 5.10 Å². The number of aryl methyl sites for hydroxylation is 1. The topological polar surface area (TPSA) is 58.8 Å². The molecule has 0 aliphatic rings. The van der Waals surface area contributed by atoms with E-state index in [0.717, 1.165) is 22.3 Å². The summed E-state index contributed by atoms with van der Waals surface area (Å²) in [7, 11) is 0. The number of nitrogens with one attached hydrogen (secondary N) is 1. The molecule has 0 saturated heterocycles. The van der Waals surface area contributed by atoms with Gasteiger partial charge in [0.05, 0.1) is 11.9 Å². The van der Waals surface area contributed by atoms with Gasteiger partial charge in [-0.2, -0.15) is 5.10 Å². The minimum Gasteiger partial charge on any atom is -0.295 e. The number of fused-ring (bicyclic) bond motifs is 1. The first-order valence-electron chi connectivity index (χ1n) is 8.65. The second-order valence-corrected chi connectivity index (χ2v) is 6.16. The van der Waals surface area contributed by atoms with Crippen LogP contribution in [0, 0.1) is 6.92 Å². The molecule has 5 nitrogen and oxygen atoms in total. The zero-order chi connectivity index (χ0) is 18.6. The average molecular weight is 354 g/mol. The van der Waals surface area contributed by atoms with Crippen LogP contribution in [0.1, 0.15) is 21.7 Å². The largest absolute Gasteiger partial charge is 0.295 e.